The van der Waals surface area contributed by atoms with E-state index in [1.54, 1.807) is 35.2 Å². The van der Waals surface area contributed by atoms with Gasteiger partial charge in [-0.15, -0.1) is 0 Å². The summed E-state index contributed by atoms with van der Waals surface area (Å²) >= 11 is 0. The maximum Gasteiger partial charge on any atom is 0.339 e. The number of hydrogen-bond acceptors (Lipinski definition) is 7. The molecule has 1 fully saturated rings. The van der Waals surface area contributed by atoms with Crippen LogP contribution >= 0.6 is 0 Å². The Bertz CT molecular complexity index is 895. The normalized spacial score (nSPS) is 14.7. The van der Waals surface area contributed by atoms with Gasteiger partial charge in [0.05, 0.1) is 30.8 Å². The molecule has 2 aromatic rings. The summed E-state index contributed by atoms with van der Waals surface area (Å²) in [5.74, 6) is -1.18. The van der Waals surface area contributed by atoms with Crippen molar-refractivity contribution >= 4 is 17.6 Å². The summed E-state index contributed by atoms with van der Waals surface area (Å²) in [7, 11) is 1.30. The average molecular weight is 400 g/mol. The highest BCUT2D eigenvalue weighted by Crippen LogP contribution is 2.29. The first-order valence-corrected chi connectivity index (χ1v) is 8.96. The Morgan fingerprint density at radius 1 is 1.14 bits per heavy atom. The van der Waals surface area contributed by atoms with Gasteiger partial charge < -0.3 is 19.1 Å². The molecule has 1 aliphatic heterocycles. The van der Waals surface area contributed by atoms with Crippen molar-refractivity contribution in [3.8, 4) is 5.75 Å². The maximum absolute atomic E-state index is 13.0. The number of nitro groups is 1. The Morgan fingerprint density at radius 3 is 2.45 bits per heavy atom. The van der Waals surface area contributed by atoms with Crippen LogP contribution in [0.25, 0.3) is 0 Å². The number of rotatable bonds is 6. The first-order chi connectivity index (χ1) is 14.0. The van der Waals surface area contributed by atoms with Gasteiger partial charge in [0, 0.05) is 24.7 Å². The molecule has 0 aromatic heterocycles. The molecule has 29 heavy (non-hydrogen) atoms. The molecule has 0 aliphatic carbocycles. The van der Waals surface area contributed by atoms with Gasteiger partial charge in [-0.1, -0.05) is 30.3 Å². The van der Waals surface area contributed by atoms with E-state index in [9.17, 15) is 19.7 Å². The van der Waals surface area contributed by atoms with E-state index in [0.29, 0.717) is 31.9 Å². The number of nitrogens with zero attached hydrogens (tertiary/aromatic N) is 2. The fourth-order valence-corrected chi connectivity index (χ4v) is 2.97. The summed E-state index contributed by atoms with van der Waals surface area (Å²) < 4.78 is 15.7. The summed E-state index contributed by atoms with van der Waals surface area (Å²) in [5, 5.41) is 11.2. The number of methoxy groups -OCH3 is 1. The van der Waals surface area contributed by atoms with Gasteiger partial charge in [-0.25, -0.2) is 4.79 Å². The van der Waals surface area contributed by atoms with Crippen molar-refractivity contribution < 1.29 is 28.7 Å². The molecule has 1 unspecified atom stereocenters. The van der Waals surface area contributed by atoms with Gasteiger partial charge >= 0.3 is 11.7 Å². The third-order valence-corrected chi connectivity index (χ3v) is 4.49. The van der Waals surface area contributed by atoms with Gasteiger partial charge in [0.1, 0.15) is 0 Å². The van der Waals surface area contributed by atoms with Crippen molar-refractivity contribution in [3.05, 3.63) is 69.8 Å². The van der Waals surface area contributed by atoms with E-state index >= 15 is 0 Å². The molecule has 1 amide bonds. The molecule has 0 bridgehead atoms. The minimum Gasteiger partial charge on any atom is -0.490 e. The molecule has 0 N–H and O–H groups in total. The highest BCUT2D eigenvalue weighted by molar-refractivity contribution is 5.93. The predicted octanol–water partition coefficient (Wildman–Crippen LogP) is 2.36. The lowest BCUT2D eigenvalue weighted by Gasteiger charge is -2.30. The number of nitro benzene ring substituents is 1. The zero-order valence-corrected chi connectivity index (χ0v) is 15.8. The van der Waals surface area contributed by atoms with Gasteiger partial charge in [-0.2, -0.15) is 0 Å². The fraction of sp³-hybridized carbons (Fsp3) is 0.300. The minimum atomic E-state index is -1.16. The van der Waals surface area contributed by atoms with Crippen LogP contribution in [0.2, 0.25) is 0 Å². The molecule has 1 atom stereocenters. The molecule has 9 nitrogen and oxygen atoms in total. The van der Waals surface area contributed by atoms with Crippen LogP contribution in [-0.2, 0) is 14.3 Å². The molecule has 1 aliphatic rings. The number of morpholine rings is 1. The molecule has 1 heterocycles. The summed E-state index contributed by atoms with van der Waals surface area (Å²) in [6.45, 7) is 1.61. The van der Waals surface area contributed by atoms with E-state index in [4.69, 9.17) is 14.2 Å². The standard InChI is InChI=1S/C20H20N2O7/c1-27-17-8-7-15(13-16(17)22(25)26)20(24)29-18(14-5-3-2-4-6-14)19(23)21-9-11-28-12-10-21/h2-8,13,18H,9-12H2,1H3. The van der Waals surface area contributed by atoms with Crippen LogP contribution < -0.4 is 4.74 Å². The van der Waals surface area contributed by atoms with E-state index in [-0.39, 0.29) is 22.9 Å². The summed E-state index contributed by atoms with van der Waals surface area (Å²) in [5.41, 5.74) is 0.103. The first kappa shape index (κ1) is 20.3. The van der Waals surface area contributed by atoms with Crippen LogP contribution in [0, 0.1) is 10.1 Å². The number of esters is 1. The lowest BCUT2D eigenvalue weighted by Crippen LogP contribution is -2.44. The SMILES string of the molecule is COc1ccc(C(=O)OC(C(=O)N2CCOCC2)c2ccccc2)cc1[N+](=O)[O-]. The second kappa shape index (κ2) is 9.16. The van der Waals surface area contributed by atoms with E-state index in [1.165, 1.54) is 19.2 Å². The van der Waals surface area contributed by atoms with Gasteiger partial charge in [0.15, 0.2) is 5.75 Å². The monoisotopic (exact) mass is 400 g/mol. The van der Waals surface area contributed by atoms with Crippen LogP contribution in [0.3, 0.4) is 0 Å². The molecule has 2 aromatic carbocycles. The predicted molar refractivity (Wildman–Crippen MR) is 102 cm³/mol. The Balaban J connectivity index is 1.87. The summed E-state index contributed by atoms with van der Waals surface area (Å²) in [6, 6.07) is 12.4. The number of ether oxygens (including phenoxy) is 3. The van der Waals surface area contributed by atoms with Gasteiger partial charge in [-0.05, 0) is 12.1 Å². The van der Waals surface area contributed by atoms with Gasteiger partial charge in [-0.3, -0.25) is 14.9 Å². The summed E-state index contributed by atoms with van der Waals surface area (Å²) in [6.07, 6.45) is -1.16. The number of benzene rings is 2. The van der Waals surface area contributed by atoms with Crippen LogP contribution in [-0.4, -0.2) is 55.1 Å². The molecule has 9 heteroatoms. The summed E-state index contributed by atoms with van der Waals surface area (Å²) in [4.78, 5) is 37.9. The number of amides is 1. The van der Waals surface area contributed by atoms with E-state index in [2.05, 4.69) is 0 Å². The average Bonchev–Trinajstić information content (AvgIpc) is 2.77. The molecular formula is C20H20N2O7. The minimum absolute atomic E-state index is 0.0237. The van der Waals surface area contributed by atoms with Gasteiger partial charge in [0.25, 0.3) is 5.91 Å². The molecular weight excluding hydrogens is 380 g/mol. The Hall–Kier alpha value is -3.46. The zero-order valence-electron chi connectivity index (χ0n) is 15.8. The fourth-order valence-electron chi connectivity index (χ4n) is 2.97. The largest absolute Gasteiger partial charge is 0.490 e. The topological polar surface area (TPSA) is 108 Å². The third-order valence-electron chi connectivity index (χ3n) is 4.49. The van der Waals surface area contributed by atoms with Crippen molar-refractivity contribution in [3.63, 3.8) is 0 Å². The molecule has 3 rings (SSSR count). The van der Waals surface area contributed by atoms with Crippen molar-refractivity contribution in [1.29, 1.82) is 0 Å². The van der Waals surface area contributed by atoms with Crippen LogP contribution in [0.15, 0.2) is 48.5 Å². The van der Waals surface area contributed by atoms with Crippen LogP contribution in [0.5, 0.6) is 5.75 Å². The van der Waals surface area contributed by atoms with E-state index in [0.717, 1.165) is 6.07 Å². The van der Waals surface area contributed by atoms with Crippen molar-refractivity contribution in [2.75, 3.05) is 33.4 Å². The Labute approximate surface area is 166 Å². The van der Waals surface area contributed by atoms with Crippen molar-refractivity contribution in [1.82, 2.24) is 4.90 Å². The first-order valence-electron chi connectivity index (χ1n) is 8.96. The second-order valence-electron chi connectivity index (χ2n) is 6.28. The van der Waals surface area contributed by atoms with E-state index in [1.807, 2.05) is 0 Å². The highest BCUT2D eigenvalue weighted by atomic mass is 16.6. The number of carbonyl (C=O) groups excluding carboxylic acids is 2. The molecule has 0 saturated carbocycles. The lowest BCUT2D eigenvalue weighted by atomic mass is 10.1. The lowest BCUT2D eigenvalue weighted by molar-refractivity contribution is -0.385. The second-order valence-corrected chi connectivity index (χ2v) is 6.28. The van der Waals surface area contributed by atoms with Crippen LogP contribution in [0.4, 0.5) is 5.69 Å². The smallest absolute Gasteiger partial charge is 0.339 e. The third kappa shape index (κ3) is 4.69. The molecule has 0 radical (unpaired) electrons. The number of carbonyl (C=O) groups is 2. The maximum atomic E-state index is 13.0. The molecule has 1 saturated heterocycles. The van der Waals surface area contributed by atoms with Crippen molar-refractivity contribution in [2.45, 2.75) is 6.10 Å². The van der Waals surface area contributed by atoms with Gasteiger partial charge in [0.2, 0.25) is 6.10 Å². The quantitative estimate of drug-likeness (QED) is 0.416. The van der Waals surface area contributed by atoms with E-state index < -0.39 is 17.0 Å². The molecule has 152 valence electrons. The van der Waals surface area contributed by atoms with Crippen LogP contribution in [0.1, 0.15) is 22.0 Å². The Morgan fingerprint density at radius 2 is 1.83 bits per heavy atom. The molecule has 0 spiro atoms. The Kier molecular flexibility index (Phi) is 6.40. The van der Waals surface area contributed by atoms with Crippen molar-refractivity contribution in [2.24, 2.45) is 0 Å². The number of hydrogen-bond donors (Lipinski definition) is 0. The highest BCUT2D eigenvalue weighted by Gasteiger charge is 2.31. The zero-order chi connectivity index (χ0) is 20.8.